The van der Waals surface area contributed by atoms with Crippen LogP contribution in [-0.2, 0) is 0 Å². The van der Waals surface area contributed by atoms with E-state index in [1.807, 2.05) is 29.7 Å². The molecule has 0 saturated carbocycles. The van der Waals surface area contributed by atoms with Crippen molar-refractivity contribution in [3.63, 3.8) is 0 Å². The smallest absolute Gasteiger partial charge is 0.320 e. The van der Waals surface area contributed by atoms with E-state index in [9.17, 15) is 14.7 Å². The van der Waals surface area contributed by atoms with E-state index in [-0.39, 0.29) is 17.3 Å². The Labute approximate surface area is 192 Å². The zero-order chi connectivity index (χ0) is 22.5. The van der Waals surface area contributed by atoms with Crippen molar-refractivity contribution >= 4 is 46.5 Å². The van der Waals surface area contributed by atoms with E-state index in [4.69, 9.17) is 23.2 Å². The number of amides is 3. The molecule has 31 heavy (non-hydrogen) atoms. The number of carbonyl (C=O) groups excluding carboxylic acids is 2. The number of phenols is 1. The monoisotopic (exact) mass is 464 g/mol. The van der Waals surface area contributed by atoms with Gasteiger partial charge in [-0.2, -0.15) is 0 Å². The minimum Gasteiger partial charge on any atom is -0.507 e. The summed E-state index contributed by atoms with van der Waals surface area (Å²) < 4.78 is 0. The molecule has 0 aliphatic carbocycles. The van der Waals surface area contributed by atoms with E-state index in [2.05, 4.69) is 10.2 Å². The summed E-state index contributed by atoms with van der Waals surface area (Å²) in [5.41, 5.74) is 1.44. The second-order valence-electron chi connectivity index (χ2n) is 7.21. The lowest BCUT2D eigenvalue weighted by Gasteiger charge is -2.38. The van der Waals surface area contributed by atoms with Crippen LogP contribution in [0.1, 0.15) is 24.2 Å². The summed E-state index contributed by atoms with van der Waals surface area (Å²) in [5, 5.41) is 13.5. The van der Waals surface area contributed by atoms with Crippen LogP contribution in [0.2, 0.25) is 10.0 Å². The van der Waals surface area contributed by atoms with Gasteiger partial charge in [-0.05, 0) is 50.2 Å². The van der Waals surface area contributed by atoms with E-state index >= 15 is 0 Å². The fourth-order valence-electron chi connectivity index (χ4n) is 3.56. The average Bonchev–Trinajstić information content (AvgIpc) is 2.76. The van der Waals surface area contributed by atoms with Gasteiger partial charge in [0.25, 0.3) is 5.91 Å². The first-order valence-corrected chi connectivity index (χ1v) is 11.0. The molecule has 9 heteroatoms. The molecule has 0 unspecified atom stereocenters. The van der Waals surface area contributed by atoms with Crippen LogP contribution in [0.4, 0.5) is 16.2 Å². The standard InChI is InChI=1S/C22H26Cl2N4O3/c1-3-26(4-2)22(31)28-11-9-27(10-12-28)19-7-6-16(14-18(19)24)25-21(30)17-13-15(23)5-8-20(17)29/h5-8,13-14,29H,3-4,9-12H2,1-2H3,(H,25,30). The highest BCUT2D eigenvalue weighted by molar-refractivity contribution is 6.33. The van der Waals surface area contributed by atoms with E-state index in [1.165, 1.54) is 18.2 Å². The summed E-state index contributed by atoms with van der Waals surface area (Å²) in [7, 11) is 0. The molecule has 3 amide bonds. The molecular weight excluding hydrogens is 439 g/mol. The van der Waals surface area contributed by atoms with Gasteiger partial charge in [0.05, 0.1) is 16.3 Å². The van der Waals surface area contributed by atoms with Crippen LogP contribution in [0.5, 0.6) is 5.75 Å². The first-order valence-electron chi connectivity index (χ1n) is 10.2. The summed E-state index contributed by atoms with van der Waals surface area (Å²) in [4.78, 5) is 30.8. The maximum Gasteiger partial charge on any atom is 0.320 e. The molecule has 0 atom stereocenters. The molecule has 7 nitrogen and oxygen atoms in total. The molecular formula is C22H26Cl2N4O3. The summed E-state index contributed by atoms with van der Waals surface area (Å²) in [6.45, 7) is 7.94. The van der Waals surface area contributed by atoms with Gasteiger partial charge < -0.3 is 25.1 Å². The first kappa shape index (κ1) is 23.0. The molecule has 1 aliphatic heterocycles. The van der Waals surface area contributed by atoms with Crippen LogP contribution in [0, 0.1) is 0 Å². The second kappa shape index (κ2) is 10.1. The fraction of sp³-hybridized carbons (Fsp3) is 0.364. The summed E-state index contributed by atoms with van der Waals surface area (Å²) in [5.74, 6) is -0.630. The van der Waals surface area contributed by atoms with E-state index < -0.39 is 5.91 Å². The highest BCUT2D eigenvalue weighted by Gasteiger charge is 2.25. The van der Waals surface area contributed by atoms with Gasteiger partial charge in [-0.1, -0.05) is 23.2 Å². The molecule has 0 radical (unpaired) electrons. The van der Waals surface area contributed by atoms with Crippen molar-refractivity contribution in [3.8, 4) is 5.75 Å². The number of halogens is 2. The Hall–Kier alpha value is -2.64. The van der Waals surface area contributed by atoms with Crippen molar-refractivity contribution in [1.82, 2.24) is 9.80 Å². The SMILES string of the molecule is CCN(CC)C(=O)N1CCN(c2ccc(NC(=O)c3cc(Cl)ccc3O)cc2Cl)CC1. The topological polar surface area (TPSA) is 76.1 Å². The number of hydrogen-bond donors (Lipinski definition) is 2. The molecule has 0 aromatic heterocycles. The molecule has 1 saturated heterocycles. The lowest BCUT2D eigenvalue weighted by atomic mass is 10.1. The maximum atomic E-state index is 12.5. The minimum absolute atomic E-state index is 0.0677. The van der Waals surface area contributed by atoms with Crippen molar-refractivity contribution in [2.24, 2.45) is 0 Å². The highest BCUT2D eigenvalue weighted by atomic mass is 35.5. The van der Waals surface area contributed by atoms with Gasteiger partial charge in [0, 0.05) is 50.0 Å². The summed E-state index contributed by atoms with van der Waals surface area (Å²) in [6.07, 6.45) is 0. The average molecular weight is 465 g/mol. The minimum atomic E-state index is -0.479. The summed E-state index contributed by atoms with van der Waals surface area (Å²) in [6, 6.07) is 9.63. The number of nitrogens with zero attached hydrogens (tertiary/aromatic N) is 3. The molecule has 3 rings (SSSR count). The van der Waals surface area contributed by atoms with Crippen molar-refractivity contribution in [1.29, 1.82) is 0 Å². The van der Waals surface area contributed by atoms with Gasteiger partial charge in [-0.3, -0.25) is 4.79 Å². The van der Waals surface area contributed by atoms with Crippen LogP contribution in [0.3, 0.4) is 0 Å². The summed E-state index contributed by atoms with van der Waals surface area (Å²) >= 11 is 12.4. The zero-order valence-electron chi connectivity index (χ0n) is 17.6. The lowest BCUT2D eigenvalue weighted by Crippen LogP contribution is -2.53. The van der Waals surface area contributed by atoms with Gasteiger partial charge in [0.1, 0.15) is 5.75 Å². The highest BCUT2D eigenvalue weighted by Crippen LogP contribution is 2.30. The molecule has 166 valence electrons. The lowest BCUT2D eigenvalue weighted by molar-refractivity contribution is 0.102. The first-order chi connectivity index (χ1) is 14.8. The number of urea groups is 1. The molecule has 2 aromatic rings. The van der Waals surface area contributed by atoms with E-state index in [0.717, 1.165) is 5.69 Å². The molecule has 2 N–H and O–H groups in total. The van der Waals surface area contributed by atoms with Crippen LogP contribution >= 0.6 is 23.2 Å². The third-order valence-corrected chi connectivity index (χ3v) is 5.87. The molecule has 0 bridgehead atoms. The van der Waals surface area contributed by atoms with Gasteiger partial charge in [0.2, 0.25) is 0 Å². The predicted molar refractivity (Wildman–Crippen MR) is 125 cm³/mol. The van der Waals surface area contributed by atoms with Gasteiger partial charge in [0.15, 0.2) is 0 Å². The Balaban J connectivity index is 1.64. The Morgan fingerprint density at radius 3 is 2.32 bits per heavy atom. The Morgan fingerprint density at radius 1 is 1.03 bits per heavy atom. The third kappa shape index (κ3) is 5.35. The molecule has 2 aromatic carbocycles. The Kier molecular flexibility index (Phi) is 7.51. The number of aromatic hydroxyl groups is 1. The number of anilines is 2. The molecule has 1 aliphatic rings. The third-order valence-electron chi connectivity index (χ3n) is 5.33. The van der Waals surface area contributed by atoms with Crippen molar-refractivity contribution < 1.29 is 14.7 Å². The Morgan fingerprint density at radius 2 is 1.71 bits per heavy atom. The van der Waals surface area contributed by atoms with Crippen molar-refractivity contribution in [3.05, 3.63) is 52.0 Å². The molecule has 1 fully saturated rings. The quantitative estimate of drug-likeness (QED) is 0.680. The predicted octanol–water partition coefficient (Wildman–Crippen LogP) is 4.54. The number of hydrogen-bond acceptors (Lipinski definition) is 4. The van der Waals surface area contributed by atoms with Crippen LogP contribution in [0.25, 0.3) is 0 Å². The van der Waals surface area contributed by atoms with Crippen LogP contribution in [-0.4, -0.2) is 66.1 Å². The number of carbonyl (C=O) groups is 2. The number of piperazine rings is 1. The number of phenolic OH excluding ortho intramolecular Hbond substituents is 1. The number of benzene rings is 2. The zero-order valence-corrected chi connectivity index (χ0v) is 19.1. The largest absolute Gasteiger partial charge is 0.507 e. The maximum absolute atomic E-state index is 12.5. The Bertz CT molecular complexity index is 958. The van der Waals surface area contributed by atoms with Crippen LogP contribution < -0.4 is 10.2 Å². The van der Waals surface area contributed by atoms with E-state index in [0.29, 0.717) is 55.0 Å². The normalized spacial score (nSPS) is 13.8. The van der Waals surface area contributed by atoms with Crippen LogP contribution in [0.15, 0.2) is 36.4 Å². The van der Waals surface area contributed by atoms with Crippen molar-refractivity contribution in [2.75, 3.05) is 49.5 Å². The van der Waals surface area contributed by atoms with Gasteiger partial charge in [-0.25, -0.2) is 4.79 Å². The number of rotatable bonds is 5. The fourth-order valence-corrected chi connectivity index (χ4v) is 4.03. The second-order valence-corrected chi connectivity index (χ2v) is 8.05. The van der Waals surface area contributed by atoms with Gasteiger partial charge >= 0.3 is 6.03 Å². The molecule has 1 heterocycles. The number of nitrogens with one attached hydrogen (secondary N) is 1. The van der Waals surface area contributed by atoms with E-state index in [1.54, 1.807) is 12.1 Å². The molecule has 0 spiro atoms. The van der Waals surface area contributed by atoms with Gasteiger partial charge in [-0.15, -0.1) is 0 Å². The van der Waals surface area contributed by atoms with Crippen molar-refractivity contribution in [2.45, 2.75) is 13.8 Å².